The fraction of sp³-hybridized carbons (Fsp3) is 0.909. The van der Waals surface area contributed by atoms with E-state index >= 15 is 0 Å². The van der Waals surface area contributed by atoms with Gasteiger partial charge in [0.15, 0.2) is 0 Å². The highest BCUT2D eigenvalue weighted by Crippen LogP contribution is 2.08. The third kappa shape index (κ3) is 5.32. The lowest BCUT2D eigenvalue weighted by Crippen LogP contribution is -2.42. The third-order valence-corrected chi connectivity index (χ3v) is 2.98. The Morgan fingerprint density at radius 3 is 2.75 bits per heavy atom. The summed E-state index contributed by atoms with van der Waals surface area (Å²) in [7, 11) is 0. The van der Waals surface area contributed by atoms with E-state index < -0.39 is 0 Å². The average molecular weight is 228 g/mol. The Morgan fingerprint density at radius 2 is 2.12 bits per heavy atom. The lowest BCUT2D eigenvalue weighted by Gasteiger charge is -2.29. The zero-order valence-electron chi connectivity index (χ0n) is 10.2. The molecule has 16 heavy (non-hydrogen) atoms. The Bertz CT molecular complexity index is 214. The van der Waals surface area contributed by atoms with Gasteiger partial charge in [-0.15, -0.1) is 0 Å². The van der Waals surface area contributed by atoms with Crippen LogP contribution >= 0.6 is 0 Å². The van der Waals surface area contributed by atoms with E-state index in [0.29, 0.717) is 12.5 Å². The van der Waals surface area contributed by atoms with Crippen molar-refractivity contribution in [3.8, 4) is 0 Å². The van der Waals surface area contributed by atoms with Crippen LogP contribution in [0.5, 0.6) is 0 Å². The van der Waals surface area contributed by atoms with Crippen LogP contribution in [0.1, 0.15) is 32.6 Å². The van der Waals surface area contributed by atoms with Crippen LogP contribution in [0.4, 0.5) is 0 Å². The minimum atomic E-state index is 0.290. The molecule has 1 saturated heterocycles. The lowest BCUT2D eigenvalue weighted by molar-refractivity contribution is 0.209. The van der Waals surface area contributed by atoms with E-state index in [-0.39, 0.29) is 5.84 Å². The Labute approximate surface area is 97.7 Å². The highest BCUT2D eigenvalue weighted by molar-refractivity contribution is 5.79. The number of rotatable bonds is 6. The van der Waals surface area contributed by atoms with E-state index in [2.05, 4.69) is 22.3 Å². The quantitative estimate of drug-likeness (QED) is 0.269. The molecule has 0 amide bonds. The number of hydrogen-bond donors (Lipinski definition) is 3. The van der Waals surface area contributed by atoms with Gasteiger partial charge >= 0.3 is 0 Å². The second-order valence-corrected chi connectivity index (χ2v) is 4.56. The molecule has 1 unspecified atom stereocenters. The Balaban J connectivity index is 2.07. The van der Waals surface area contributed by atoms with Gasteiger partial charge < -0.3 is 21.2 Å². The van der Waals surface area contributed by atoms with Crippen molar-refractivity contribution >= 4 is 5.84 Å². The summed E-state index contributed by atoms with van der Waals surface area (Å²) in [5.74, 6) is 0.290. The van der Waals surface area contributed by atoms with Gasteiger partial charge in [-0.25, -0.2) is 0 Å². The van der Waals surface area contributed by atoms with E-state index in [1.54, 1.807) is 0 Å². The van der Waals surface area contributed by atoms with Gasteiger partial charge in [0, 0.05) is 25.6 Å². The van der Waals surface area contributed by atoms with Gasteiger partial charge in [0.2, 0.25) is 0 Å². The molecule has 1 fully saturated rings. The summed E-state index contributed by atoms with van der Waals surface area (Å²) < 4.78 is 0. The molecule has 0 aromatic rings. The summed E-state index contributed by atoms with van der Waals surface area (Å²) in [5, 5.41) is 14.7. The van der Waals surface area contributed by atoms with Crippen molar-refractivity contribution in [2.45, 2.75) is 38.6 Å². The summed E-state index contributed by atoms with van der Waals surface area (Å²) >= 11 is 0. The first-order valence-electron chi connectivity index (χ1n) is 6.14. The molecule has 0 aromatic heterocycles. The Kier molecular flexibility index (Phi) is 6.18. The van der Waals surface area contributed by atoms with Gasteiger partial charge in [0.1, 0.15) is 5.84 Å². The highest BCUT2D eigenvalue weighted by atomic mass is 16.4. The van der Waals surface area contributed by atoms with Crippen molar-refractivity contribution in [1.29, 1.82) is 0 Å². The summed E-state index contributed by atoms with van der Waals surface area (Å²) in [5.41, 5.74) is 5.39. The Morgan fingerprint density at radius 1 is 1.44 bits per heavy atom. The second kappa shape index (κ2) is 7.46. The predicted molar refractivity (Wildman–Crippen MR) is 65.8 cm³/mol. The molecule has 94 valence electrons. The number of likely N-dealkylation sites (tertiary alicyclic amines) is 1. The maximum absolute atomic E-state index is 8.39. The number of hydrogen-bond acceptors (Lipinski definition) is 4. The molecular weight excluding hydrogens is 204 g/mol. The molecule has 4 N–H and O–H groups in total. The second-order valence-electron chi connectivity index (χ2n) is 4.56. The van der Waals surface area contributed by atoms with Crippen LogP contribution in [0.15, 0.2) is 5.16 Å². The molecule has 1 aliphatic rings. The molecule has 0 bridgehead atoms. The van der Waals surface area contributed by atoms with Crippen LogP contribution in [0.25, 0.3) is 0 Å². The van der Waals surface area contributed by atoms with Crippen molar-refractivity contribution < 1.29 is 5.21 Å². The van der Waals surface area contributed by atoms with Gasteiger partial charge in [0.05, 0.1) is 0 Å². The minimum Gasteiger partial charge on any atom is -0.409 e. The third-order valence-electron chi connectivity index (χ3n) is 2.98. The van der Waals surface area contributed by atoms with Crippen molar-refractivity contribution in [3.05, 3.63) is 0 Å². The SMILES string of the molecule is CC(CN1CCCCC1)NCCC(N)=NO. The highest BCUT2D eigenvalue weighted by Gasteiger charge is 2.12. The van der Waals surface area contributed by atoms with Crippen LogP contribution in [-0.2, 0) is 0 Å². The van der Waals surface area contributed by atoms with E-state index in [1.165, 1.54) is 32.4 Å². The van der Waals surface area contributed by atoms with E-state index in [1.807, 2.05) is 0 Å². The molecule has 0 radical (unpaired) electrons. The average Bonchev–Trinajstić information content (AvgIpc) is 2.30. The summed E-state index contributed by atoms with van der Waals surface area (Å²) in [4.78, 5) is 2.50. The molecule has 1 atom stereocenters. The van der Waals surface area contributed by atoms with Crippen molar-refractivity contribution in [2.24, 2.45) is 10.9 Å². The van der Waals surface area contributed by atoms with Crippen LogP contribution in [0, 0.1) is 0 Å². The number of nitrogens with two attached hydrogens (primary N) is 1. The first kappa shape index (κ1) is 13.3. The topological polar surface area (TPSA) is 73.9 Å². The molecule has 0 spiro atoms. The van der Waals surface area contributed by atoms with Crippen LogP contribution in [0.2, 0.25) is 0 Å². The lowest BCUT2D eigenvalue weighted by atomic mass is 10.1. The molecule has 0 aromatic carbocycles. The summed E-state index contributed by atoms with van der Waals surface area (Å²) in [6, 6.07) is 0.463. The molecule has 0 saturated carbocycles. The van der Waals surface area contributed by atoms with Crippen molar-refractivity contribution in [3.63, 3.8) is 0 Å². The molecule has 5 heteroatoms. The summed E-state index contributed by atoms with van der Waals surface area (Å²) in [6.07, 6.45) is 4.64. The largest absolute Gasteiger partial charge is 0.409 e. The van der Waals surface area contributed by atoms with Crippen LogP contribution in [0.3, 0.4) is 0 Å². The fourth-order valence-electron chi connectivity index (χ4n) is 2.09. The first-order valence-corrected chi connectivity index (χ1v) is 6.14. The molecule has 1 heterocycles. The van der Waals surface area contributed by atoms with Gasteiger partial charge in [0.25, 0.3) is 0 Å². The zero-order chi connectivity index (χ0) is 11.8. The minimum absolute atomic E-state index is 0.290. The number of oxime groups is 1. The smallest absolute Gasteiger partial charge is 0.140 e. The predicted octanol–water partition coefficient (Wildman–Crippen LogP) is 0.587. The van der Waals surface area contributed by atoms with Gasteiger partial charge in [-0.2, -0.15) is 0 Å². The molecule has 5 nitrogen and oxygen atoms in total. The number of piperidine rings is 1. The van der Waals surface area contributed by atoms with E-state index in [9.17, 15) is 0 Å². The first-order chi connectivity index (χ1) is 7.72. The fourth-order valence-corrected chi connectivity index (χ4v) is 2.09. The Hall–Kier alpha value is -0.810. The number of amidine groups is 1. The zero-order valence-corrected chi connectivity index (χ0v) is 10.2. The molecule has 0 aliphatic carbocycles. The van der Waals surface area contributed by atoms with Gasteiger partial charge in [-0.05, 0) is 32.9 Å². The molecule has 1 aliphatic heterocycles. The van der Waals surface area contributed by atoms with Crippen LogP contribution in [-0.4, -0.2) is 48.2 Å². The maximum atomic E-state index is 8.39. The molecular formula is C11H24N4O. The van der Waals surface area contributed by atoms with E-state index in [4.69, 9.17) is 10.9 Å². The number of nitrogens with zero attached hydrogens (tertiary/aromatic N) is 2. The van der Waals surface area contributed by atoms with Gasteiger partial charge in [-0.3, -0.25) is 0 Å². The number of nitrogens with one attached hydrogen (secondary N) is 1. The standard InChI is InChI=1S/C11H24N4O/c1-10(13-6-5-11(12)14-16)9-15-7-3-2-4-8-15/h10,13,16H,2-9H2,1H3,(H2,12,14). The maximum Gasteiger partial charge on any atom is 0.140 e. The molecule has 1 rings (SSSR count). The summed E-state index contributed by atoms with van der Waals surface area (Å²) in [6.45, 7) is 6.50. The van der Waals surface area contributed by atoms with E-state index in [0.717, 1.165) is 13.1 Å². The van der Waals surface area contributed by atoms with Crippen molar-refractivity contribution in [2.75, 3.05) is 26.2 Å². The normalized spacial score (nSPS) is 20.9. The monoisotopic (exact) mass is 228 g/mol. The van der Waals surface area contributed by atoms with Gasteiger partial charge in [-0.1, -0.05) is 11.6 Å². The van der Waals surface area contributed by atoms with Crippen LogP contribution < -0.4 is 11.1 Å². The van der Waals surface area contributed by atoms with Crippen molar-refractivity contribution in [1.82, 2.24) is 10.2 Å².